The van der Waals surface area contributed by atoms with Gasteiger partial charge in [-0.1, -0.05) is 23.7 Å². The maximum absolute atomic E-state index is 12.6. The van der Waals surface area contributed by atoms with Crippen molar-refractivity contribution in [3.8, 4) is 0 Å². The minimum Gasteiger partial charge on any atom is -0.359 e. The van der Waals surface area contributed by atoms with Crippen molar-refractivity contribution in [2.45, 2.75) is 4.90 Å². The van der Waals surface area contributed by atoms with Gasteiger partial charge < -0.3 is 10.3 Å². The van der Waals surface area contributed by atoms with E-state index in [0.717, 1.165) is 0 Å². The smallest absolute Gasteiger partial charge is 0.261 e. The Morgan fingerprint density at radius 1 is 1.18 bits per heavy atom. The van der Waals surface area contributed by atoms with Crippen molar-refractivity contribution in [3.63, 3.8) is 0 Å². The maximum Gasteiger partial charge on any atom is 0.261 e. The molecule has 3 N–H and O–H groups in total. The van der Waals surface area contributed by atoms with Crippen molar-refractivity contribution in [2.75, 3.05) is 11.9 Å². The summed E-state index contributed by atoms with van der Waals surface area (Å²) >= 11 is 6.04. The molecule has 0 aliphatic carbocycles. The number of halogens is 1. The number of para-hydroxylation sites is 1. The summed E-state index contributed by atoms with van der Waals surface area (Å²) in [6.45, 7) is 3.56. The Morgan fingerprint density at radius 2 is 1.89 bits per heavy atom. The van der Waals surface area contributed by atoms with Crippen molar-refractivity contribution in [3.05, 3.63) is 82.1 Å². The van der Waals surface area contributed by atoms with Gasteiger partial charge in [0.1, 0.15) is 5.56 Å². The van der Waals surface area contributed by atoms with E-state index in [1.165, 1.54) is 36.5 Å². The molecular formula is C19H16ClN3O4S. The van der Waals surface area contributed by atoms with Crippen molar-refractivity contribution >= 4 is 44.1 Å². The highest BCUT2D eigenvalue weighted by Gasteiger charge is 2.16. The third-order valence-electron chi connectivity index (χ3n) is 3.95. The number of benzene rings is 2. The number of sulfonamides is 1. The zero-order valence-corrected chi connectivity index (χ0v) is 16.1. The standard InChI is InChI=1S/C19H16ClN3O4S/c1-2-10-22-28(26,27)13-8-6-12(7-9-13)23-19(25)15-11-21-17-14(18(15)24)4-3-5-16(17)20/h2-9,11,22H,1,10H2,(H,21,24)(H,23,25). The van der Waals surface area contributed by atoms with Gasteiger partial charge in [0.05, 0.1) is 15.4 Å². The maximum atomic E-state index is 12.6. The lowest BCUT2D eigenvalue weighted by molar-refractivity contribution is 0.102. The summed E-state index contributed by atoms with van der Waals surface area (Å²) in [6, 6.07) is 10.4. The number of anilines is 1. The van der Waals surface area contributed by atoms with Gasteiger partial charge in [-0.3, -0.25) is 9.59 Å². The molecule has 7 nitrogen and oxygen atoms in total. The quantitative estimate of drug-likeness (QED) is 0.536. The molecule has 0 unspecified atom stereocenters. The van der Waals surface area contributed by atoms with Crippen LogP contribution in [0.4, 0.5) is 5.69 Å². The first-order chi connectivity index (χ1) is 13.3. The number of amides is 1. The lowest BCUT2D eigenvalue weighted by atomic mass is 10.1. The Bertz CT molecular complexity index is 1220. The monoisotopic (exact) mass is 417 g/mol. The molecule has 0 fully saturated rings. The van der Waals surface area contributed by atoms with Crippen molar-refractivity contribution in [2.24, 2.45) is 0 Å². The lowest BCUT2D eigenvalue weighted by Gasteiger charge is -2.08. The topological polar surface area (TPSA) is 108 Å². The Balaban J connectivity index is 1.84. The van der Waals surface area contributed by atoms with Gasteiger partial charge in [0.25, 0.3) is 5.91 Å². The fraction of sp³-hybridized carbons (Fsp3) is 0.0526. The fourth-order valence-electron chi connectivity index (χ4n) is 2.55. The molecule has 0 radical (unpaired) electrons. The van der Waals surface area contributed by atoms with E-state index in [0.29, 0.717) is 21.6 Å². The number of fused-ring (bicyclic) bond motifs is 1. The molecule has 1 aromatic heterocycles. The zero-order chi connectivity index (χ0) is 20.3. The van der Waals surface area contributed by atoms with Gasteiger partial charge in [0.15, 0.2) is 0 Å². The van der Waals surface area contributed by atoms with Crippen LogP contribution in [0.15, 0.2) is 71.0 Å². The average molecular weight is 418 g/mol. The summed E-state index contributed by atoms with van der Waals surface area (Å²) in [7, 11) is -3.66. The molecule has 0 aliphatic heterocycles. The van der Waals surface area contributed by atoms with Crippen LogP contribution in [-0.2, 0) is 10.0 Å². The van der Waals surface area contributed by atoms with Gasteiger partial charge in [-0.25, -0.2) is 13.1 Å². The molecule has 144 valence electrons. The zero-order valence-electron chi connectivity index (χ0n) is 14.5. The van der Waals surface area contributed by atoms with E-state index in [4.69, 9.17) is 11.6 Å². The number of hydrogen-bond acceptors (Lipinski definition) is 4. The predicted octanol–water partition coefficient (Wildman–Crippen LogP) is 2.90. The van der Waals surface area contributed by atoms with Gasteiger partial charge in [0, 0.05) is 23.8 Å². The number of H-pyrrole nitrogens is 1. The molecule has 3 aromatic rings. The van der Waals surface area contributed by atoms with Crippen molar-refractivity contribution < 1.29 is 13.2 Å². The van der Waals surface area contributed by atoms with Crippen LogP contribution in [0.1, 0.15) is 10.4 Å². The molecule has 0 atom stereocenters. The van der Waals surface area contributed by atoms with E-state index in [1.54, 1.807) is 18.2 Å². The molecule has 1 heterocycles. The van der Waals surface area contributed by atoms with Crippen LogP contribution in [0.2, 0.25) is 5.02 Å². The summed E-state index contributed by atoms with van der Waals surface area (Å²) < 4.78 is 26.4. The number of aromatic amines is 1. The third kappa shape index (κ3) is 3.99. The molecular weight excluding hydrogens is 402 g/mol. The number of hydrogen-bond donors (Lipinski definition) is 3. The minimum absolute atomic E-state index is 0.0468. The summed E-state index contributed by atoms with van der Waals surface area (Å²) in [5, 5.41) is 3.26. The molecule has 0 aliphatic rings. The molecule has 28 heavy (non-hydrogen) atoms. The van der Waals surface area contributed by atoms with Gasteiger partial charge >= 0.3 is 0 Å². The lowest BCUT2D eigenvalue weighted by Crippen LogP contribution is -2.24. The second-order valence-electron chi connectivity index (χ2n) is 5.81. The van der Waals surface area contributed by atoms with E-state index in [-0.39, 0.29) is 17.0 Å². The number of carbonyl (C=O) groups excluding carboxylic acids is 1. The molecule has 3 rings (SSSR count). The molecule has 0 bridgehead atoms. The molecule has 9 heteroatoms. The number of nitrogens with one attached hydrogen (secondary N) is 3. The van der Waals surface area contributed by atoms with Crippen LogP contribution in [0, 0.1) is 0 Å². The van der Waals surface area contributed by atoms with Crippen LogP contribution in [-0.4, -0.2) is 25.9 Å². The largest absolute Gasteiger partial charge is 0.359 e. The Hall–Kier alpha value is -2.94. The molecule has 2 aromatic carbocycles. The van der Waals surface area contributed by atoms with Gasteiger partial charge in [-0.15, -0.1) is 6.58 Å². The summed E-state index contributed by atoms with van der Waals surface area (Å²) in [6.07, 6.45) is 2.73. The van der Waals surface area contributed by atoms with Crippen molar-refractivity contribution in [1.29, 1.82) is 0 Å². The number of pyridine rings is 1. The van der Waals surface area contributed by atoms with Crippen LogP contribution in [0.5, 0.6) is 0 Å². The second kappa shape index (κ2) is 7.97. The Kier molecular flexibility index (Phi) is 5.64. The third-order valence-corrected chi connectivity index (χ3v) is 5.70. The van der Waals surface area contributed by atoms with Gasteiger partial charge in [-0.2, -0.15) is 0 Å². The van der Waals surface area contributed by atoms with Crippen LogP contribution in [0.25, 0.3) is 10.9 Å². The SMILES string of the molecule is C=CCNS(=O)(=O)c1ccc(NC(=O)c2c[nH]c3c(Cl)cccc3c2=O)cc1. The summed E-state index contributed by atoms with van der Waals surface area (Å²) in [4.78, 5) is 27.9. The Morgan fingerprint density at radius 3 is 2.57 bits per heavy atom. The summed E-state index contributed by atoms with van der Waals surface area (Å²) in [5.41, 5.74) is 0.256. The summed E-state index contributed by atoms with van der Waals surface area (Å²) in [5.74, 6) is -0.622. The number of rotatable bonds is 6. The van der Waals surface area contributed by atoms with E-state index >= 15 is 0 Å². The molecule has 1 amide bonds. The van der Waals surface area contributed by atoms with E-state index < -0.39 is 21.4 Å². The van der Waals surface area contributed by atoms with Crippen LogP contribution < -0.4 is 15.5 Å². The molecule has 0 saturated heterocycles. The minimum atomic E-state index is -3.66. The first-order valence-electron chi connectivity index (χ1n) is 8.15. The van der Waals surface area contributed by atoms with Crippen molar-refractivity contribution in [1.82, 2.24) is 9.71 Å². The molecule has 0 spiro atoms. The Labute approximate surface area is 166 Å². The van der Waals surface area contributed by atoms with Gasteiger partial charge in [0.2, 0.25) is 15.5 Å². The first kappa shape index (κ1) is 19.8. The second-order valence-corrected chi connectivity index (χ2v) is 7.99. The van der Waals surface area contributed by atoms with Crippen LogP contribution in [0.3, 0.4) is 0 Å². The number of aromatic nitrogens is 1. The number of carbonyl (C=O) groups is 1. The molecule has 0 saturated carbocycles. The van der Waals surface area contributed by atoms with E-state index in [9.17, 15) is 18.0 Å². The normalized spacial score (nSPS) is 11.3. The highest BCUT2D eigenvalue weighted by Crippen LogP contribution is 2.19. The first-order valence-corrected chi connectivity index (χ1v) is 10.0. The van der Waals surface area contributed by atoms with E-state index in [2.05, 4.69) is 21.6 Å². The highest BCUT2D eigenvalue weighted by atomic mass is 35.5. The van der Waals surface area contributed by atoms with Gasteiger partial charge in [-0.05, 0) is 36.4 Å². The highest BCUT2D eigenvalue weighted by molar-refractivity contribution is 7.89. The predicted molar refractivity (Wildman–Crippen MR) is 109 cm³/mol. The van der Waals surface area contributed by atoms with Crippen LogP contribution >= 0.6 is 11.6 Å². The fourth-order valence-corrected chi connectivity index (χ4v) is 3.78. The average Bonchev–Trinajstić information content (AvgIpc) is 2.68. The van der Waals surface area contributed by atoms with E-state index in [1.807, 2.05) is 0 Å².